The van der Waals surface area contributed by atoms with Gasteiger partial charge in [-0.25, -0.2) is 0 Å². The Morgan fingerprint density at radius 2 is 2.07 bits per heavy atom. The van der Waals surface area contributed by atoms with E-state index in [0.717, 1.165) is 23.6 Å². The van der Waals surface area contributed by atoms with E-state index in [0.29, 0.717) is 0 Å². The van der Waals surface area contributed by atoms with Crippen LogP contribution in [0.5, 0.6) is 5.75 Å². The van der Waals surface area contributed by atoms with E-state index in [4.69, 9.17) is 10.5 Å². The molecule has 0 saturated heterocycles. The molecule has 1 aliphatic heterocycles. The molecule has 0 fully saturated rings. The number of allylic oxidation sites excluding steroid dienone is 4. The third-order valence-corrected chi connectivity index (χ3v) is 3.25. The van der Waals surface area contributed by atoms with Gasteiger partial charge in [0.2, 0.25) is 0 Å². The van der Waals surface area contributed by atoms with Gasteiger partial charge in [0.05, 0.1) is 5.41 Å². The monoisotopic (exact) mass is 199 g/mol. The van der Waals surface area contributed by atoms with Gasteiger partial charge in [-0.3, -0.25) is 0 Å². The molecule has 1 aliphatic carbocycles. The number of hydrogen-bond acceptors (Lipinski definition) is 2. The van der Waals surface area contributed by atoms with Gasteiger partial charge in [-0.05, 0) is 25.1 Å². The number of benzene rings is 1. The van der Waals surface area contributed by atoms with E-state index < -0.39 is 0 Å². The van der Waals surface area contributed by atoms with Crippen LogP contribution in [-0.2, 0) is 5.41 Å². The fourth-order valence-electron chi connectivity index (χ4n) is 2.43. The van der Waals surface area contributed by atoms with Crippen LogP contribution in [0.15, 0.2) is 47.9 Å². The summed E-state index contributed by atoms with van der Waals surface area (Å²) in [5.74, 6) is 1.98. The normalized spacial score (nSPS) is 27.3. The molecule has 0 amide bonds. The van der Waals surface area contributed by atoms with Gasteiger partial charge < -0.3 is 10.5 Å². The molecular formula is C13H13NO. The molecule has 1 heterocycles. The molecule has 0 spiro atoms. The molecule has 2 heteroatoms. The van der Waals surface area contributed by atoms with E-state index in [1.165, 1.54) is 5.56 Å². The first-order chi connectivity index (χ1) is 7.20. The first-order valence-corrected chi connectivity index (χ1v) is 5.14. The van der Waals surface area contributed by atoms with Crippen molar-refractivity contribution in [2.75, 3.05) is 0 Å². The average Bonchev–Trinajstić information content (AvgIpc) is 2.51. The van der Waals surface area contributed by atoms with Crippen LogP contribution in [0.2, 0.25) is 0 Å². The Kier molecular flexibility index (Phi) is 1.52. The standard InChI is InChI=1S/C13H13NO/c1-13-8-9(14)6-7-12(13)15-11-5-3-2-4-10(11)13/h2-7H,8,14H2,1H3. The van der Waals surface area contributed by atoms with Crippen molar-refractivity contribution >= 4 is 0 Å². The summed E-state index contributed by atoms with van der Waals surface area (Å²) < 4.78 is 5.82. The Morgan fingerprint density at radius 1 is 1.27 bits per heavy atom. The van der Waals surface area contributed by atoms with Crippen LogP contribution in [0.25, 0.3) is 0 Å². The van der Waals surface area contributed by atoms with Crippen molar-refractivity contribution < 1.29 is 4.74 Å². The van der Waals surface area contributed by atoms with Crippen molar-refractivity contribution in [1.29, 1.82) is 0 Å². The third-order valence-electron chi connectivity index (χ3n) is 3.25. The lowest BCUT2D eigenvalue weighted by Crippen LogP contribution is -2.26. The van der Waals surface area contributed by atoms with Crippen molar-refractivity contribution in [3.8, 4) is 5.75 Å². The van der Waals surface area contributed by atoms with Gasteiger partial charge in [0, 0.05) is 17.7 Å². The molecule has 0 radical (unpaired) electrons. The Bertz CT molecular complexity index is 487. The minimum absolute atomic E-state index is 0.0601. The molecule has 2 N–H and O–H groups in total. The second-order valence-electron chi connectivity index (χ2n) is 4.38. The lowest BCUT2D eigenvalue weighted by Gasteiger charge is -2.27. The van der Waals surface area contributed by atoms with E-state index in [2.05, 4.69) is 13.0 Å². The quantitative estimate of drug-likeness (QED) is 0.696. The molecule has 1 atom stereocenters. The topological polar surface area (TPSA) is 35.2 Å². The smallest absolute Gasteiger partial charge is 0.131 e. The van der Waals surface area contributed by atoms with Crippen LogP contribution in [0.4, 0.5) is 0 Å². The maximum absolute atomic E-state index is 5.89. The predicted octanol–water partition coefficient (Wildman–Crippen LogP) is 2.47. The van der Waals surface area contributed by atoms with Crippen LogP contribution in [0, 0.1) is 0 Å². The number of ether oxygens (including phenoxy) is 1. The molecular weight excluding hydrogens is 186 g/mol. The second-order valence-corrected chi connectivity index (χ2v) is 4.38. The molecule has 0 aromatic heterocycles. The maximum Gasteiger partial charge on any atom is 0.131 e. The molecule has 0 saturated carbocycles. The number of para-hydroxylation sites is 1. The second kappa shape index (κ2) is 2.66. The SMILES string of the molecule is CC12CC(N)=CC=C1Oc1ccccc12. The molecule has 1 unspecified atom stereocenters. The molecule has 2 nitrogen and oxygen atoms in total. The zero-order valence-electron chi connectivity index (χ0n) is 8.66. The first-order valence-electron chi connectivity index (χ1n) is 5.14. The maximum atomic E-state index is 5.89. The summed E-state index contributed by atoms with van der Waals surface area (Å²) in [6, 6.07) is 8.17. The van der Waals surface area contributed by atoms with E-state index >= 15 is 0 Å². The highest BCUT2D eigenvalue weighted by atomic mass is 16.5. The lowest BCUT2D eigenvalue weighted by molar-refractivity contribution is 0.372. The summed E-state index contributed by atoms with van der Waals surface area (Å²) in [4.78, 5) is 0. The van der Waals surface area contributed by atoms with Gasteiger partial charge in [0.25, 0.3) is 0 Å². The highest BCUT2D eigenvalue weighted by Crippen LogP contribution is 2.49. The molecule has 76 valence electrons. The molecule has 2 aliphatic rings. The summed E-state index contributed by atoms with van der Waals surface area (Å²) in [6.45, 7) is 2.19. The molecule has 1 aromatic carbocycles. The van der Waals surface area contributed by atoms with Crippen LogP contribution >= 0.6 is 0 Å². The Balaban J connectivity index is 2.19. The van der Waals surface area contributed by atoms with E-state index in [1.54, 1.807) is 0 Å². The summed E-state index contributed by atoms with van der Waals surface area (Å²) in [5, 5.41) is 0. The predicted molar refractivity (Wildman–Crippen MR) is 59.4 cm³/mol. The third kappa shape index (κ3) is 1.05. The van der Waals surface area contributed by atoms with Crippen molar-refractivity contribution in [1.82, 2.24) is 0 Å². The van der Waals surface area contributed by atoms with Gasteiger partial charge in [0.15, 0.2) is 0 Å². The largest absolute Gasteiger partial charge is 0.460 e. The van der Waals surface area contributed by atoms with Crippen molar-refractivity contribution in [3.05, 3.63) is 53.4 Å². The van der Waals surface area contributed by atoms with Gasteiger partial charge in [0.1, 0.15) is 11.5 Å². The summed E-state index contributed by atoms with van der Waals surface area (Å²) in [7, 11) is 0. The number of rotatable bonds is 0. The molecule has 3 rings (SSSR count). The van der Waals surface area contributed by atoms with Crippen molar-refractivity contribution in [2.24, 2.45) is 5.73 Å². The zero-order chi connectivity index (χ0) is 10.5. The average molecular weight is 199 g/mol. The van der Waals surface area contributed by atoms with Crippen LogP contribution < -0.4 is 10.5 Å². The fourth-order valence-corrected chi connectivity index (χ4v) is 2.43. The molecule has 15 heavy (non-hydrogen) atoms. The van der Waals surface area contributed by atoms with Crippen molar-refractivity contribution in [3.63, 3.8) is 0 Å². The Labute approximate surface area is 89.0 Å². The lowest BCUT2D eigenvalue weighted by atomic mass is 9.76. The first kappa shape index (κ1) is 8.60. The van der Waals surface area contributed by atoms with E-state index in [9.17, 15) is 0 Å². The summed E-state index contributed by atoms with van der Waals surface area (Å²) >= 11 is 0. The Hall–Kier alpha value is -1.70. The van der Waals surface area contributed by atoms with Gasteiger partial charge in [-0.1, -0.05) is 18.2 Å². The fraction of sp³-hybridized carbons (Fsp3) is 0.231. The van der Waals surface area contributed by atoms with Gasteiger partial charge in [-0.2, -0.15) is 0 Å². The van der Waals surface area contributed by atoms with Crippen molar-refractivity contribution in [2.45, 2.75) is 18.8 Å². The van der Waals surface area contributed by atoms with Crippen LogP contribution in [0.3, 0.4) is 0 Å². The van der Waals surface area contributed by atoms with E-state index in [1.807, 2.05) is 30.4 Å². The highest BCUT2D eigenvalue weighted by molar-refractivity contribution is 5.53. The summed E-state index contributed by atoms with van der Waals surface area (Å²) in [6.07, 6.45) is 4.76. The Morgan fingerprint density at radius 3 is 2.93 bits per heavy atom. The molecule has 1 aromatic rings. The highest BCUT2D eigenvalue weighted by Gasteiger charge is 2.42. The van der Waals surface area contributed by atoms with Gasteiger partial charge in [-0.15, -0.1) is 0 Å². The zero-order valence-corrected chi connectivity index (χ0v) is 8.66. The van der Waals surface area contributed by atoms with Crippen LogP contribution in [0.1, 0.15) is 18.9 Å². The number of fused-ring (bicyclic) bond motifs is 3. The summed E-state index contributed by atoms with van der Waals surface area (Å²) in [5.41, 5.74) is 7.99. The number of nitrogens with two attached hydrogens (primary N) is 1. The number of hydrogen-bond donors (Lipinski definition) is 1. The minimum atomic E-state index is -0.0601. The van der Waals surface area contributed by atoms with Gasteiger partial charge >= 0.3 is 0 Å². The molecule has 0 bridgehead atoms. The van der Waals surface area contributed by atoms with Crippen LogP contribution in [-0.4, -0.2) is 0 Å². The minimum Gasteiger partial charge on any atom is -0.460 e. The van der Waals surface area contributed by atoms with E-state index in [-0.39, 0.29) is 5.41 Å².